The van der Waals surface area contributed by atoms with Crippen molar-refractivity contribution < 1.29 is 21.6 Å². The average Bonchev–Trinajstić information content (AvgIpc) is 2.50. The smallest absolute Gasteiger partial charge is 0.262 e. The number of nitrogens with one attached hydrogen (secondary N) is 1. The average molecular weight is 374 g/mol. The number of hydrogen-bond donors (Lipinski definition) is 1. The second-order valence-electron chi connectivity index (χ2n) is 4.82. The van der Waals surface area contributed by atoms with Crippen molar-refractivity contribution in [3.8, 4) is 0 Å². The number of halogens is 4. The topological polar surface area (TPSA) is 46.2 Å². The van der Waals surface area contributed by atoms with E-state index in [-0.39, 0.29) is 33.8 Å². The Kier molecular flexibility index (Phi) is 5.05. The highest BCUT2D eigenvalue weighted by molar-refractivity contribution is 7.93. The molecule has 0 aromatic heterocycles. The van der Waals surface area contributed by atoms with Gasteiger partial charge in [0, 0.05) is 16.8 Å². The number of anilines is 1. The molecule has 0 aliphatic carbocycles. The molecule has 3 nitrogen and oxygen atoms in total. The number of sulfonamides is 1. The summed E-state index contributed by atoms with van der Waals surface area (Å²) >= 11 is 0. The molecule has 0 aliphatic heterocycles. The van der Waals surface area contributed by atoms with Gasteiger partial charge in [0.15, 0.2) is 0 Å². The van der Waals surface area contributed by atoms with Crippen LogP contribution in [0, 0.1) is 17.5 Å². The fraction of sp³-hybridized carbons (Fsp3) is 0. The van der Waals surface area contributed by atoms with Crippen LogP contribution in [0.25, 0.3) is 10.8 Å². The third-order valence-electron chi connectivity index (χ3n) is 3.30. The Morgan fingerprint density at radius 1 is 0.792 bits per heavy atom. The molecule has 0 atom stereocenters. The fourth-order valence-electron chi connectivity index (χ4n) is 2.24. The normalized spacial score (nSPS) is 11.1. The van der Waals surface area contributed by atoms with Crippen LogP contribution in [0.1, 0.15) is 0 Å². The summed E-state index contributed by atoms with van der Waals surface area (Å²) in [5.41, 5.74) is -0.389. The van der Waals surface area contributed by atoms with E-state index >= 15 is 0 Å². The Morgan fingerprint density at radius 3 is 2.12 bits per heavy atom. The second kappa shape index (κ2) is 6.70. The Balaban J connectivity index is 0.00000208. The molecule has 3 aromatic carbocycles. The van der Waals surface area contributed by atoms with Crippen LogP contribution in [0.4, 0.5) is 18.9 Å². The summed E-state index contributed by atoms with van der Waals surface area (Å²) in [6.45, 7) is 0. The summed E-state index contributed by atoms with van der Waals surface area (Å²) in [6, 6.07) is 10.7. The molecule has 0 spiro atoms. The van der Waals surface area contributed by atoms with Gasteiger partial charge in [-0.25, -0.2) is 21.6 Å². The molecular weight excluding hydrogens is 363 g/mol. The molecule has 0 amide bonds. The summed E-state index contributed by atoms with van der Waals surface area (Å²) in [7, 11) is -4.17. The van der Waals surface area contributed by atoms with Crippen LogP contribution in [-0.2, 0) is 10.0 Å². The first-order valence-electron chi connectivity index (χ1n) is 6.53. The molecule has 0 saturated heterocycles. The van der Waals surface area contributed by atoms with Gasteiger partial charge in [0.25, 0.3) is 10.0 Å². The highest BCUT2D eigenvalue weighted by Crippen LogP contribution is 2.27. The van der Waals surface area contributed by atoms with E-state index in [0.29, 0.717) is 6.07 Å². The lowest BCUT2D eigenvalue weighted by Gasteiger charge is -2.11. The van der Waals surface area contributed by atoms with Crippen LogP contribution in [-0.4, -0.2) is 8.42 Å². The first-order valence-corrected chi connectivity index (χ1v) is 8.02. The largest absolute Gasteiger partial charge is 0.277 e. The van der Waals surface area contributed by atoms with Gasteiger partial charge in [-0.05, 0) is 24.3 Å². The van der Waals surface area contributed by atoms with Crippen LogP contribution in [0.2, 0.25) is 0 Å². The number of rotatable bonds is 3. The highest BCUT2D eigenvalue weighted by Gasteiger charge is 2.20. The number of benzene rings is 3. The van der Waals surface area contributed by atoms with Crippen molar-refractivity contribution in [3.63, 3.8) is 0 Å². The van der Waals surface area contributed by atoms with Crippen LogP contribution in [0.5, 0.6) is 0 Å². The van der Waals surface area contributed by atoms with Gasteiger partial charge < -0.3 is 0 Å². The molecule has 8 heteroatoms. The van der Waals surface area contributed by atoms with E-state index in [1.807, 2.05) is 4.72 Å². The molecule has 0 unspecified atom stereocenters. The maximum atomic E-state index is 13.8. The van der Waals surface area contributed by atoms with Crippen LogP contribution in [0.15, 0.2) is 59.5 Å². The summed E-state index contributed by atoms with van der Waals surface area (Å²) in [4.78, 5) is -0.196. The quantitative estimate of drug-likeness (QED) is 0.735. The van der Waals surface area contributed by atoms with Gasteiger partial charge in [-0.3, -0.25) is 4.72 Å². The molecular formula is C16H11ClF3NO2S. The van der Waals surface area contributed by atoms with E-state index < -0.39 is 27.5 Å². The van der Waals surface area contributed by atoms with Gasteiger partial charge in [-0.2, -0.15) is 0 Å². The van der Waals surface area contributed by atoms with E-state index in [1.54, 1.807) is 12.1 Å². The minimum Gasteiger partial charge on any atom is -0.277 e. The summed E-state index contributed by atoms with van der Waals surface area (Å²) in [6.07, 6.45) is 0. The summed E-state index contributed by atoms with van der Waals surface area (Å²) in [5, 5.41) is 0.303. The fourth-order valence-corrected chi connectivity index (χ4v) is 3.52. The van der Waals surface area contributed by atoms with Crippen LogP contribution >= 0.6 is 12.4 Å². The van der Waals surface area contributed by atoms with E-state index in [9.17, 15) is 21.6 Å². The molecule has 1 N–H and O–H groups in total. The molecule has 0 fully saturated rings. The third kappa shape index (κ3) is 3.32. The maximum Gasteiger partial charge on any atom is 0.262 e. The third-order valence-corrected chi connectivity index (χ3v) is 4.72. The van der Waals surface area contributed by atoms with E-state index in [1.165, 1.54) is 12.1 Å². The number of fused-ring (bicyclic) bond motifs is 1. The summed E-state index contributed by atoms with van der Waals surface area (Å²) < 4.78 is 67.3. The first kappa shape index (κ1) is 18.1. The van der Waals surface area contributed by atoms with Gasteiger partial charge in [0.2, 0.25) is 0 Å². The molecule has 24 heavy (non-hydrogen) atoms. The zero-order valence-corrected chi connectivity index (χ0v) is 13.6. The van der Waals surface area contributed by atoms with Crippen LogP contribution in [0.3, 0.4) is 0 Å². The first-order chi connectivity index (χ1) is 10.9. The van der Waals surface area contributed by atoms with Gasteiger partial charge in [-0.15, -0.1) is 12.4 Å². The lowest BCUT2D eigenvalue weighted by atomic mass is 10.1. The maximum absolute atomic E-state index is 13.8. The van der Waals surface area contributed by atoms with Gasteiger partial charge in [0.1, 0.15) is 17.5 Å². The molecule has 0 aliphatic rings. The standard InChI is InChI=1S/C16H10F3NO2S.ClH/c17-10-5-7-15(14(19)9-10)20-23(21,22)16-8-6-13(18)11-3-1-2-4-12(11)16;/h1-9,20H;1H. The van der Waals surface area contributed by atoms with Crippen molar-refractivity contribution in [2.45, 2.75) is 4.90 Å². The minimum atomic E-state index is -4.17. The van der Waals surface area contributed by atoms with Crippen molar-refractivity contribution in [1.82, 2.24) is 0 Å². The van der Waals surface area contributed by atoms with Crippen molar-refractivity contribution in [2.24, 2.45) is 0 Å². The van der Waals surface area contributed by atoms with E-state index in [0.717, 1.165) is 24.3 Å². The predicted octanol–water partition coefficient (Wildman–Crippen LogP) is 4.48. The second-order valence-corrected chi connectivity index (χ2v) is 6.47. The molecule has 0 saturated carbocycles. The van der Waals surface area contributed by atoms with Crippen molar-refractivity contribution in [2.75, 3.05) is 4.72 Å². The lowest BCUT2D eigenvalue weighted by Crippen LogP contribution is -2.14. The minimum absolute atomic E-state index is 0. The zero-order valence-electron chi connectivity index (χ0n) is 12.0. The Hall–Kier alpha value is -2.25. The van der Waals surface area contributed by atoms with Crippen LogP contribution < -0.4 is 4.72 Å². The monoisotopic (exact) mass is 373 g/mol. The van der Waals surface area contributed by atoms with Gasteiger partial charge in [-0.1, -0.05) is 24.3 Å². The molecule has 3 rings (SSSR count). The van der Waals surface area contributed by atoms with E-state index in [2.05, 4.69) is 0 Å². The van der Waals surface area contributed by atoms with Crippen molar-refractivity contribution in [1.29, 1.82) is 0 Å². The Bertz CT molecular complexity index is 1010. The Morgan fingerprint density at radius 2 is 1.46 bits per heavy atom. The molecule has 0 heterocycles. The zero-order chi connectivity index (χ0) is 16.6. The van der Waals surface area contributed by atoms with Crippen molar-refractivity contribution in [3.05, 3.63) is 72.0 Å². The molecule has 0 radical (unpaired) electrons. The van der Waals surface area contributed by atoms with Crippen molar-refractivity contribution >= 4 is 38.9 Å². The molecule has 3 aromatic rings. The SMILES string of the molecule is Cl.O=S(=O)(Nc1ccc(F)cc1F)c1ccc(F)c2ccccc12. The van der Waals surface area contributed by atoms with Gasteiger partial charge in [0.05, 0.1) is 10.6 Å². The Labute approximate surface area is 142 Å². The summed E-state index contributed by atoms with van der Waals surface area (Å²) in [5.74, 6) is -2.43. The number of hydrogen-bond acceptors (Lipinski definition) is 2. The van der Waals surface area contributed by atoms with Gasteiger partial charge >= 0.3 is 0 Å². The predicted molar refractivity (Wildman–Crippen MR) is 88.3 cm³/mol. The molecule has 126 valence electrons. The molecule has 0 bridgehead atoms. The van der Waals surface area contributed by atoms with E-state index in [4.69, 9.17) is 0 Å². The lowest BCUT2D eigenvalue weighted by molar-refractivity contribution is 0.583. The highest BCUT2D eigenvalue weighted by atomic mass is 35.5.